The van der Waals surface area contributed by atoms with E-state index in [1.54, 1.807) is 0 Å². The lowest BCUT2D eigenvalue weighted by Crippen LogP contribution is -3.00. The Kier molecular flexibility index (Phi) is 39.1. The lowest BCUT2D eigenvalue weighted by atomic mass is 10.1. The Morgan fingerprint density at radius 2 is 0.944 bits per heavy atom. The van der Waals surface area contributed by atoms with Gasteiger partial charge in [0.1, 0.15) is 26.3 Å². The second kappa shape index (κ2) is 39.1. The van der Waals surface area contributed by atoms with Crippen molar-refractivity contribution in [3.05, 3.63) is 71.8 Å². The molecule has 0 saturated heterocycles. The van der Waals surface area contributed by atoms with Crippen molar-refractivity contribution in [1.29, 1.82) is 0 Å². The van der Waals surface area contributed by atoms with Crippen LogP contribution in [0.4, 0.5) is 0 Å². The van der Waals surface area contributed by atoms with Gasteiger partial charge in [0.2, 0.25) is 0 Å². The zero-order valence-electron chi connectivity index (χ0n) is 35.4. The fourth-order valence-electron chi connectivity index (χ4n) is 5.78. The molecule has 0 unspecified atom stereocenters. The lowest BCUT2D eigenvalue weighted by molar-refractivity contribution is -0.903. The third kappa shape index (κ3) is 38.2. The van der Waals surface area contributed by atoms with Crippen molar-refractivity contribution in [1.82, 2.24) is 4.90 Å². The Bertz CT molecular complexity index is 1090. The summed E-state index contributed by atoms with van der Waals surface area (Å²) in [6, 6.07) is 20.4. The van der Waals surface area contributed by atoms with Gasteiger partial charge in [0.25, 0.3) is 0 Å². The molecule has 0 aromatic heterocycles. The standard InChI is InChI=1S/C23H40NO2.C16H33NO2.C7H7Cl.ClH/c1-4-5-6-7-8-9-10-11-15-18-23(25)26-20-19-24(2,3)21-22-16-13-12-14-17-22;1-4-5-6-7-8-9-10-11-12-13-16(18)19-15-14-17(2)3;8-6-7-4-2-1-3-5-7;/h12-14,16-17H,4-11,15,18-21H2,1-3H3;4-15H2,1-3H3;1-5H,6H2;1H/q+1;;;/p-1. The van der Waals surface area contributed by atoms with Crippen molar-refractivity contribution in [2.75, 3.05) is 54.5 Å². The molecule has 0 amide bonds. The minimum Gasteiger partial charge on any atom is -1.00 e. The van der Waals surface area contributed by atoms with Gasteiger partial charge in [0.15, 0.2) is 0 Å². The van der Waals surface area contributed by atoms with E-state index in [-0.39, 0.29) is 24.3 Å². The fourth-order valence-corrected chi connectivity index (χ4v) is 5.95. The summed E-state index contributed by atoms with van der Waals surface area (Å²) in [5, 5.41) is 0. The van der Waals surface area contributed by atoms with Gasteiger partial charge in [-0.25, -0.2) is 0 Å². The highest BCUT2D eigenvalue weighted by atomic mass is 35.5. The van der Waals surface area contributed by atoms with E-state index < -0.39 is 0 Å². The summed E-state index contributed by atoms with van der Waals surface area (Å²) in [5.74, 6) is 0.540. The van der Waals surface area contributed by atoms with Crippen LogP contribution in [0.1, 0.15) is 153 Å². The number of quaternary nitrogens is 1. The SMILES string of the molecule is CCCCCCCCCCCC(=O)OCCN(C)C.CCCCCCCCCCCC(=O)OCC[N+](C)(C)Cc1ccccc1.ClCc1ccccc1.[Cl-]. The number of hydrogen-bond donors (Lipinski definition) is 0. The van der Waals surface area contributed by atoms with Gasteiger partial charge in [-0.15, -0.1) is 11.6 Å². The molecular weight excluding hydrogens is 715 g/mol. The number of alkyl halides is 1. The summed E-state index contributed by atoms with van der Waals surface area (Å²) in [4.78, 5) is 25.3. The highest BCUT2D eigenvalue weighted by Crippen LogP contribution is 2.13. The normalized spacial score (nSPS) is 10.7. The van der Waals surface area contributed by atoms with Crippen LogP contribution in [0.2, 0.25) is 0 Å². The number of halogens is 2. The average Bonchev–Trinajstić information content (AvgIpc) is 3.14. The number of carbonyl (C=O) groups excluding carboxylic acids is 2. The van der Waals surface area contributed by atoms with Crippen molar-refractivity contribution in [2.45, 2.75) is 155 Å². The first-order valence-corrected chi connectivity index (χ1v) is 21.6. The first-order valence-electron chi connectivity index (χ1n) is 21.0. The molecule has 0 aliphatic rings. The van der Waals surface area contributed by atoms with Gasteiger partial charge >= 0.3 is 11.9 Å². The van der Waals surface area contributed by atoms with Crippen LogP contribution in [0, 0.1) is 0 Å². The van der Waals surface area contributed by atoms with Gasteiger partial charge in [-0.2, -0.15) is 0 Å². The number of esters is 2. The summed E-state index contributed by atoms with van der Waals surface area (Å²) in [6.45, 7) is 8.14. The number of likely N-dealkylation sites (N-methyl/N-ethyl adjacent to an activating group) is 2. The molecule has 0 aliphatic carbocycles. The van der Waals surface area contributed by atoms with E-state index in [2.05, 4.69) is 52.2 Å². The molecule has 0 N–H and O–H groups in total. The van der Waals surface area contributed by atoms with Crippen molar-refractivity contribution in [3.8, 4) is 0 Å². The van der Waals surface area contributed by atoms with Gasteiger partial charge in [-0.05, 0) is 32.5 Å². The van der Waals surface area contributed by atoms with E-state index >= 15 is 0 Å². The predicted molar refractivity (Wildman–Crippen MR) is 227 cm³/mol. The molecule has 312 valence electrons. The first-order chi connectivity index (χ1) is 25.6. The van der Waals surface area contributed by atoms with Crippen LogP contribution in [0.15, 0.2) is 60.7 Å². The largest absolute Gasteiger partial charge is 1.00 e. The van der Waals surface area contributed by atoms with Gasteiger partial charge in [-0.1, -0.05) is 177 Å². The maximum atomic E-state index is 11.9. The van der Waals surface area contributed by atoms with Crippen LogP contribution >= 0.6 is 11.6 Å². The molecule has 0 heterocycles. The minimum atomic E-state index is -0.0372. The zero-order chi connectivity index (χ0) is 39.3. The molecule has 0 radical (unpaired) electrons. The molecule has 0 saturated carbocycles. The van der Waals surface area contributed by atoms with Crippen LogP contribution in [0.5, 0.6) is 0 Å². The predicted octanol–water partition coefficient (Wildman–Crippen LogP) is 9.17. The summed E-state index contributed by atoms with van der Waals surface area (Å²) in [7, 11) is 8.32. The van der Waals surface area contributed by atoms with Crippen molar-refractivity contribution in [2.24, 2.45) is 0 Å². The average molecular weight is 796 g/mol. The highest BCUT2D eigenvalue weighted by molar-refractivity contribution is 6.17. The molecule has 2 aromatic rings. The molecule has 0 spiro atoms. The Morgan fingerprint density at radius 3 is 1.31 bits per heavy atom. The van der Waals surface area contributed by atoms with Crippen LogP contribution in [-0.2, 0) is 31.5 Å². The number of carbonyl (C=O) groups is 2. The van der Waals surface area contributed by atoms with Crippen molar-refractivity contribution >= 4 is 23.5 Å². The topological polar surface area (TPSA) is 55.8 Å². The Balaban J connectivity index is 0. The molecule has 54 heavy (non-hydrogen) atoms. The van der Waals surface area contributed by atoms with E-state index in [9.17, 15) is 9.59 Å². The maximum absolute atomic E-state index is 11.9. The van der Waals surface area contributed by atoms with Gasteiger partial charge in [0.05, 0.1) is 14.1 Å². The highest BCUT2D eigenvalue weighted by Gasteiger charge is 2.16. The number of rotatable bonds is 29. The van der Waals surface area contributed by atoms with Gasteiger partial charge in [0, 0.05) is 30.8 Å². The number of hydrogen-bond acceptors (Lipinski definition) is 5. The van der Waals surface area contributed by atoms with Crippen LogP contribution in [0.25, 0.3) is 0 Å². The molecule has 2 rings (SSSR count). The molecule has 0 fully saturated rings. The Hall–Kier alpha value is -2.12. The Morgan fingerprint density at radius 1 is 0.574 bits per heavy atom. The summed E-state index contributed by atoms with van der Waals surface area (Å²) >= 11 is 5.53. The fraction of sp³-hybridized carbons (Fsp3) is 0.696. The van der Waals surface area contributed by atoms with Crippen LogP contribution in [0.3, 0.4) is 0 Å². The molecule has 8 heteroatoms. The van der Waals surface area contributed by atoms with Gasteiger partial charge < -0.3 is 31.3 Å². The molecular formula is C46H80Cl2N2O4. The van der Waals surface area contributed by atoms with E-state index in [1.165, 1.54) is 101 Å². The van der Waals surface area contributed by atoms with E-state index in [0.29, 0.717) is 31.9 Å². The number of nitrogens with zero attached hydrogens (tertiary/aromatic N) is 2. The number of benzene rings is 2. The molecule has 0 aliphatic heterocycles. The number of ether oxygens (including phenoxy) is 2. The summed E-state index contributed by atoms with van der Waals surface area (Å²) < 4.78 is 11.4. The first kappa shape index (κ1) is 54.0. The lowest BCUT2D eigenvalue weighted by Gasteiger charge is -2.29. The monoisotopic (exact) mass is 795 g/mol. The number of unbranched alkanes of at least 4 members (excludes halogenated alkanes) is 16. The minimum absolute atomic E-state index is 0. The summed E-state index contributed by atoms with van der Waals surface area (Å²) in [6.07, 6.45) is 24.1. The quantitative estimate of drug-likeness (QED) is 0.0356. The maximum Gasteiger partial charge on any atom is 0.305 e. The third-order valence-corrected chi connectivity index (χ3v) is 9.49. The van der Waals surface area contributed by atoms with E-state index in [0.717, 1.165) is 49.8 Å². The second-order valence-corrected chi connectivity index (χ2v) is 15.6. The molecule has 0 atom stereocenters. The summed E-state index contributed by atoms with van der Waals surface area (Å²) in [5.41, 5.74) is 2.49. The smallest absolute Gasteiger partial charge is 0.305 e. The van der Waals surface area contributed by atoms with Crippen LogP contribution in [-0.4, -0.2) is 75.8 Å². The zero-order valence-corrected chi connectivity index (χ0v) is 37.0. The van der Waals surface area contributed by atoms with Crippen molar-refractivity contribution in [3.63, 3.8) is 0 Å². The molecule has 2 aromatic carbocycles. The molecule has 6 nitrogen and oxygen atoms in total. The third-order valence-electron chi connectivity index (χ3n) is 9.18. The van der Waals surface area contributed by atoms with E-state index in [4.69, 9.17) is 21.1 Å². The van der Waals surface area contributed by atoms with Crippen LogP contribution < -0.4 is 12.4 Å². The van der Waals surface area contributed by atoms with Crippen molar-refractivity contribution < 1.29 is 36.0 Å². The van der Waals surface area contributed by atoms with Gasteiger partial charge in [-0.3, -0.25) is 9.59 Å². The second-order valence-electron chi connectivity index (χ2n) is 15.3. The molecule has 0 bridgehead atoms. The van der Waals surface area contributed by atoms with E-state index in [1.807, 2.05) is 55.4 Å². The Labute approximate surface area is 344 Å².